The van der Waals surface area contributed by atoms with Crippen LogP contribution in [0.1, 0.15) is 30.4 Å². The Balaban J connectivity index is 1.67. The first-order valence-corrected chi connectivity index (χ1v) is 6.88. The molecular formula is C15H18F3N. The van der Waals surface area contributed by atoms with E-state index in [1.807, 2.05) is 0 Å². The number of fused-ring (bicyclic) bond motifs is 1. The van der Waals surface area contributed by atoms with Crippen LogP contribution in [-0.4, -0.2) is 6.04 Å². The molecule has 3 rings (SSSR count). The molecule has 3 atom stereocenters. The number of halogens is 3. The van der Waals surface area contributed by atoms with Crippen molar-refractivity contribution < 1.29 is 13.2 Å². The highest BCUT2D eigenvalue weighted by molar-refractivity contribution is 5.27. The Morgan fingerprint density at radius 2 is 1.89 bits per heavy atom. The number of alkyl halides is 3. The third kappa shape index (κ3) is 2.50. The molecule has 2 aliphatic carbocycles. The number of benzene rings is 1. The van der Waals surface area contributed by atoms with E-state index in [-0.39, 0.29) is 6.04 Å². The highest BCUT2D eigenvalue weighted by Crippen LogP contribution is 2.58. The summed E-state index contributed by atoms with van der Waals surface area (Å²) in [5, 5.41) is 0. The molecule has 0 heterocycles. The summed E-state index contributed by atoms with van der Waals surface area (Å²) in [6.45, 7) is 0. The standard InChI is InChI=1S/C15H18F3N/c16-15(17,18)10-4-1-3-9(7-10)8-13(19)14-11-5-2-6-12(11)14/h1,3-4,7,11-14H,2,5-6,8,19H2. The average Bonchev–Trinajstić information content (AvgIpc) is 2.83. The Hall–Kier alpha value is -1.03. The molecule has 0 radical (unpaired) electrons. The number of nitrogens with two attached hydrogens (primary N) is 1. The van der Waals surface area contributed by atoms with Crippen LogP contribution < -0.4 is 5.73 Å². The normalized spacial score (nSPS) is 31.1. The minimum absolute atomic E-state index is 0.0128. The van der Waals surface area contributed by atoms with Crippen molar-refractivity contribution in [1.82, 2.24) is 0 Å². The molecule has 0 bridgehead atoms. The second kappa shape index (κ2) is 4.51. The van der Waals surface area contributed by atoms with Crippen molar-refractivity contribution in [3.8, 4) is 0 Å². The Bertz CT molecular complexity index is 459. The molecule has 0 amide bonds. The summed E-state index contributed by atoms with van der Waals surface area (Å²) in [4.78, 5) is 0. The molecule has 2 aliphatic rings. The van der Waals surface area contributed by atoms with E-state index in [0.29, 0.717) is 17.9 Å². The van der Waals surface area contributed by atoms with Gasteiger partial charge in [-0.2, -0.15) is 13.2 Å². The maximum atomic E-state index is 12.6. The second-order valence-corrected chi connectivity index (χ2v) is 5.90. The van der Waals surface area contributed by atoms with Gasteiger partial charge in [-0.1, -0.05) is 24.6 Å². The monoisotopic (exact) mass is 269 g/mol. The van der Waals surface area contributed by atoms with Crippen molar-refractivity contribution in [3.05, 3.63) is 35.4 Å². The van der Waals surface area contributed by atoms with Crippen molar-refractivity contribution >= 4 is 0 Å². The highest BCUT2D eigenvalue weighted by Gasteiger charge is 2.54. The SMILES string of the molecule is NC(Cc1cccc(C(F)(F)F)c1)C1C2CCCC21. The number of hydrogen-bond donors (Lipinski definition) is 1. The van der Waals surface area contributed by atoms with E-state index in [2.05, 4.69) is 0 Å². The quantitative estimate of drug-likeness (QED) is 0.891. The zero-order valence-electron chi connectivity index (χ0n) is 10.7. The van der Waals surface area contributed by atoms with Crippen LogP contribution in [-0.2, 0) is 12.6 Å². The number of hydrogen-bond acceptors (Lipinski definition) is 1. The van der Waals surface area contributed by atoms with Crippen molar-refractivity contribution in [2.75, 3.05) is 0 Å². The van der Waals surface area contributed by atoms with Gasteiger partial charge in [-0.3, -0.25) is 0 Å². The molecule has 1 aromatic carbocycles. The summed E-state index contributed by atoms with van der Waals surface area (Å²) in [6, 6.07) is 5.57. The molecule has 0 aromatic heterocycles. The van der Waals surface area contributed by atoms with Crippen LogP contribution in [0.2, 0.25) is 0 Å². The lowest BCUT2D eigenvalue weighted by Crippen LogP contribution is -2.27. The summed E-state index contributed by atoms with van der Waals surface area (Å²) in [7, 11) is 0. The summed E-state index contributed by atoms with van der Waals surface area (Å²) >= 11 is 0. The first kappa shape index (κ1) is 13.0. The Kier molecular flexibility index (Phi) is 3.08. The third-order valence-corrected chi connectivity index (χ3v) is 4.69. The van der Waals surface area contributed by atoms with E-state index in [1.165, 1.54) is 31.4 Å². The van der Waals surface area contributed by atoms with Gasteiger partial charge in [0.2, 0.25) is 0 Å². The first-order valence-electron chi connectivity index (χ1n) is 6.88. The molecule has 0 spiro atoms. The van der Waals surface area contributed by atoms with Crippen LogP contribution >= 0.6 is 0 Å². The molecule has 1 aromatic rings. The fourth-order valence-corrected chi connectivity index (χ4v) is 3.79. The van der Waals surface area contributed by atoms with Gasteiger partial charge in [0.15, 0.2) is 0 Å². The fraction of sp³-hybridized carbons (Fsp3) is 0.600. The lowest BCUT2D eigenvalue weighted by molar-refractivity contribution is -0.137. The predicted molar refractivity (Wildman–Crippen MR) is 67.4 cm³/mol. The molecule has 19 heavy (non-hydrogen) atoms. The van der Waals surface area contributed by atoms with Crippen LogP contribution in [0.25, 0.3) is 0 Å². The van der Waals surface area contributed by atoms with Gasteiger partial charge >= 0.3 is 6.18 Å². The first-order chi connectivity index (χ1) is 8.97. The average molecular weight is 269 g/mol. The molecule has 2 N–H and O–H groups in total. The highest BCUT2D eigenvalue weighted by atomic mass is 19.4. The van der Waals surface area contributed by atoms with E-state index in [4.69, 9.17) is 5.73 Å². The summed E-state index contributed by atoms with van der Waals surface area (Å²) < 4.78 is 37.9. The van der Waals surface area contributed by atoms with Crippen molar-refractivity contribution in [3.63, 3.8) is 0 Å². The van der Waals surface area contributed by atoms with Gasteiger partial charge in [0.05, 0.1) is 5.56 Å². The fourth-order valence-electron chi connectivity index (χ4n) is 3.79. The predicted octanol–water partition coefficient (Wildman–Crippen LogP) is 3.62. The van der Waals surface area contributed by atoms with Gasteiger partial charge in [-0.25, -0.2) is 0 Å². The van der Waals surface area contributed by atoms with Crippen molar-refractivity contribution in [1.29, 1.82) is 0 Å². The Labute approximate surface area is 111 Å². The molecule has 104 valence electrons. The van der Waals surface area contributed by atoms with E-state index >= 15 is 0 Å². The maximum absolute atomic E-state index is 12.6. The van der Waals surface area contributed by atoms with Crippen LogP contribution in [0, 0.1) is 17.8 Å². The zero-order valence-corrected chi connectivity index (χ0v) is 10.7. The van der Waals surface area contributed by atoms with Gasteiger partial charge in [0.1, 0.15) is 0 Å². The summed E-state index contributed by atoms with van der Waals surface area (Å²) in [6.07, 6.45) is 0.0944. The van der Waals surface area contributed by atoms with Gasteiger partial charge in [-0.05, 0) is 48.6 Å². The molecule has 0 aliphatic heterocycles. The minimum atomic E-state index is -4.27. The smallest absolute Gasteiger partial charge is 0.327 e. The van der Waals surface area contributed by atoms with Crippen LogP contribution in [0.4, 0.5) is 13.2 Å². The van der Waals surface area contributed by atoms with E-state index in [9.17, 15) is 13.2 Å². The molecule has 2 saturated carbocycles. The maximum Gasteiger partial charge on any atom is 0.416 e. The Morgan fingerprint density at radius 3 is 2.53 bits per heavy atom. The third-order valence-electron chi connectivity index (χ3n) is 4.69. The van der Waals surface area contributed by atoms with Crippen molar-refractivity contribution in [2.24, 2.45) is 23.5 Å². The minimum Gasteiger partial charge on any atom is -0.327 e. The largest absolute Gasteiger partial charge is 0.416 e. The van der Waals surface area contributed by atoms with E-state index in [1.54, 1.807) is 6.07 Å². The van der Waals surface area contributed by atoms with Gasteiger partial charge in [0.25, 0.3) is 0 Å². The lowest BCUT2D eigenvalue weighted by Gasteiger charge is -2.15. The van der Waals surface area contributed by atoms with Gasteiger partial charge in [0, 0.05) is 6.04 Å². The van der Waals surface area contributed by atoms with Crippen LogP contribution in [0.5, 0.6) is 0 Å². The van der Waals surface area contributed by atoms with Crippen LogP contribution in [0.15, 0.2) is 24.3 Å². The summed E-state index contributed by atoms with van der Waals surface area (Å²) in [5.41, 5.74) is 6.30. The van der Waals surface area contributed by atoms with Gasteiger partial charge < -0.3 is 5.73 Å². The molecular weight excluding hydrogens is 251 g/mol. The molecule has 4 heteroatoms. The summed E-state index contributed by atoms with van der Waals surface area (Å²) in [5.74, 6) is 2.05. The topological polar surface area (TPSA) is 26.0 Å². The zero-order chi connectivity index (χ0) is 13.6. The Morgan fingerprint density at radius 1 is 1.21 bits per heavy atom. The number of rotatable bonds is 3. The molecule has 3 unspecified atom stereocenters. The van der Waals surface area contributed by atoms with Gasteiger partial charge in [-0.15, -0.1) is 0 Å². The molecule has 2 fully saturated rings. The molecule has 1 nitrogen and oxygen atoms in total. The van der Waals surface area contributed by atoms with Crippen molar-refractivity contribution in [2.45, 2.75) is 37.9 Å². The second-order valence-electron chi connectivity index (χ2n) is 5.90. The lowest BCUT2D eigenvalue weighted by atomic mass is 9.97. The van der Waals surface area contributed by atoms with E-state index < -0.39 is 11.7 Å². The van der Waals surface area contributed by atoms with Crippen LogP contribution in [0.3, 0.4) is 0 Å². The molecule has 0 saturated heterocycles. The van der Waals surface area contributed by atoms with E-state index in [0.717, 1.165) is 17.9 Å².